The summed E-state index contributed by atoms with van der Waals surface area (Å²) in [6.45, 7) is 2.15. The van der Waals surface area contributed by atoms with Crippen LogP contribution in [-0.2, 0) is 11.3 Å². The Labute approximate surface area is 109 Å². The number of ether oxygens (including phenoxy) is 1. The van der Waals surface area contributed by atoms with E-state index in [1.54, 1.807) is 12.1 Å². The highest BCUT2D eigenvalue weighted by Crippen LogP contribution is 2.16. The Bertz CT molecular complexity index is 349. The molecule has 0 unspecified atom stereocenters. The van der Waals surface area contributed by atoms with Gasteiger partial charge in [-0.2, -0.15) is 0 Å². The molecule has 0 saturated carbocycles. The second-order valence-electron chi connectivity index (χ2n) is 3.81. The molecule has 0 radical (unpaired) electrons. The summed E-state index contributed by atoms with van der Waals surface area (Å²) in [6, 6.07) is 4.92. The lowest BCUT2D eigenvalue weighted by Gasteiger charge is -2.17. The quantitative estimate of drug-likeness (QED) is 0.783. The van der Waals surface area contributed by atoms with Gasteiger partial charge in [-0.25, -0.2) is 4.39 Å². The number of aliphatic hydroxyl groups excluding tert-OH is 1. The molecule has 96 valence electrons. The fourth-order valence-electron chi connectivity index (χ4n) is 1.42. The van der Waals surface area contributed by atoms with Gasteiger partial charge in [0.05, 0.1) is 19.8 Å². The molecule has 0 amide bonds. The van der Waals surface area contributed by atoms with E-state index in [1.807, 2.05) is 11.9 Å². The molecule has 0 atom stereocenters. The van der Waals surface area contributed by atoms with Crippen LogP contribution in [0.3, 0.4) is 0 Å². The van der Waals surface area contributed by atoms with Crippen molar-refractivity contribution in [2.24, 2.45) is 0 Å². The Balaban J connectivity index is 2.39. The van der Waals surface area contributed by atoms with Crippen LogP contribution in [0.4, 0.5) is 4.39 Å². The van der Waals surface area contributed by atoms with Crippen LogP contribution >= 0.6 is 15.9 Å². The van der Waals surface area contributed by atoms with Crippen molar-refractivity contribution in [1.29, 1.82) is 0 Å². The van der Waals surface area contributed by atoms with E-state index in [1.165, 1.54) is 6.07 Å². The second kappa shape index (κ2) is 7.76. The monoisotopic (exact) mass is 305 g/mol. The van der Waals surface area contributed by atoms with Crippen LogP contribution in [0, 0.1) is 5.82 Å². The molecule has 1 aromatic rings. The fourth-order valence-corrected chi connectivity index (χ4v) is 1.83. The zero-order valence-corrected chi connectivity index (χ0v) is 11.4. The Kier molecular flexibility index (Phi) is 6.65. The van der Waals surface area contributed by atoms with Crippen molar-refractivity contribution >= 4 is 15.9 Å². The summed E-state index contributed by atoms with van der Waals surface area (Å²) in [4.78, 5) is 1.97. The topological polar surface area (TPSA) is 32.7 Å². The first-order chi connectivity index (χ1) is 8.13. The Morgan fingerprint density at radius 1 is 1.41 bits per heavy atom. The number of nitrogens with zero attached hydrogens (tertiary/aromatic N) is 1. The van der Waals surface area contributed by atoms with Crippen molar-refractivity contribution in [3.8, 4) is 0 Å². The molecule has 17 heavy (non-hydrogen) atoms. The lowest BCUT2D eigenvalue weighted by molar-refractivity contribution is 0.0771. The van der Waals surface area contributed by atoms with Crippen LogP contribution in [0.1, 0.15) is 5.56 Å². The lowest BCUT2D eigenvalue weighted by Crippen LogP contribution is -2.23. The Morgan fingerprint density at radius 3 is 2.88 bits per heavy atom. The van der Waals surface area contributed by atoms with E-state index < -0.39 is 0 Å². The van der Waals surface area contributed by atoms with Gasteiger partial charge < -0.3 is 9.84 Å². The molecule has 0 aliphatic rings. The Hall–Kier alpha value is -0.490. The maximum atomic E-state index is 13.5. The Morgan fingerprint density at radius 2 is 2.18 bits per heavy atom. The summed E-state index contributed by atoms with van der Waals surface area (Å²) < 4.78 is 19.5. The number of aliphatic hydroxyl groups is 1. The van der Waals surface area contributed by atoms with E-state index in [9.17, 15) is 4.39 Å². The number of likely N-dealkylation sites (N-methyl/N-ethyl adjacent to an activating group) is 1. The van der Waals surface area contributed by atoms with E-state index >= 15 is 0 Å². The van der Waals surface area contributed by atoms with Gasteiger partial charge in [-0.1, -0.05) is 15.9 Å². The summed E-state index contributed by atoms with van der Waals surface area (Å²) in [7, 11) is 1.91. The minimum atomic E-state index is -0.198. The molecule has 0 aliphatic carbocycles. The summed E-state index contributed by atoms with van der Waals surface area (Å²) in [5, 5.41) is 8.54. The summed E-state index contributed by atoms with van der Waals surface area (Å²) in [5.41, 5.74) is 0.657. The van der Waals surface area contributed by atoms with Crippen molar-refractivity contribution in [3.63, 3.8) is 0 Å². The van der Waals surface area contributed by atoms with Crippen LogP contribution in [0.2, 0.25) is 0 Å². The summed E-state index contributed by atoms with van der Waals surface area (Å²) in [6.07, 6.45) is 0. The molecule has 0 fully saturated rings. The van der Waals surface area contributed by atoms with Gasteiger partial charge in [0.15, 0.2) is 0 Å². The van der Waals surface area contributed by atoms with Crippen molar-refractivity contribution in [2.45, 2.75) is 6.54 Å². The first-order valence-corrected chi connectivity index (χ1v) is 6.24. The van der Waals surface area contributed by atoms with E-state index in [0.717, 1.165) is 4.47 Å². The third kappa shape index (κ3) is 5.59. The number of benzene rings is 1. The van der Waals surface area contributed by atoms with Crippen molar-refractivity contribution in [2.75, 3.05) is 33.4 Å². The van der Waals surface area contributed by atoms with Crippen LogP contribution in [-0.4, -0.2) is 43.4 Å². The summed E-state index contributed by atoms with van der Waals surface area (Å²) in [5.74, 6) is -0.198. The van der Waals surface area contributed by atoms with Gasteiger partial charge in [0.1, 0.15) is 5.82 Å². The van der Waals surface area contributed by atoms with Gasteiger partial charge in [-0.05, 0) is 25.2 Å². The largest absolute Gasteiger partial charge is 0.394 e. The lowest BCUT2D eigenvalue weighted by atomic mass is 10.2. The summed E-state index contributed by atoms with van der Waals surface area (Å²) >= 11 is 3.32. The minimum Gasteiger partial charge on any atom is -0.394 e. The first-order valence-electron chi connectivity index (χ1n) is 5.44. The molecule has 1 N–H and O–H groups in total. The number of hydrogen-bond acceptors (Lipinski definition) is 3. The van der Waals surface area contributed by atoms with Crippen molar-refractivity contribution in [3.05, 3.63) is 34.1 Å². The average Bonchev–Trinajstić information content (AvgIpc) is 2.29. The van der Waals surface area contributed by atoms with Gasteiger partial charge in [-0.3, -0.25) is 4.90 Å². The highest BCUT2D eigenvalue weighted by Gasteiger charge is 2.06. The minimum absolute atomic E-state index is 0.0317. The highest BCUT2D eigenvalue weighted by atomic mass is 79.9. The average molecular weight is 306 g/mol. The van der Waals surface area contributed by atoms with E-state index in [4.69, 9.17) is 9.84 Å². The molecule has 0 saturated heterocycles. The van der Waals surface area contributed by atoms with E-state index in [-0.39, 0.29) is 12.4 Å². The number of hydrogen-bond donors (Lipinski definition) is 1. The highest BCUT2D eigenvalue weighted by molar-refractivity contribution is 9.10. The molecule has 0 heterocycles. The molecule has 1 rings (SSSR count). The SMILES string of the molecule is CN(CCOCCO)Cc1cc(Br)ccc1F. The van der Waals surface area contributed by atoms with Crippen LogP contribution in [0.25, 0.3) is 0 Å². The standard InChI is InChI=1S/C12H17BrFNO2/c1-15(4-6-17-7-5-16)9-10-8-11(13)2-3-12(10)14/h2-3,8,16H,4-7,9H2,1H3. The van der Waals surface area contributed by atoms with Crippen LogP contribution in [0.15, 0.2) is 22.7 Å². The zero-order chi connectivity index (χ0) is 12.7. The smallest absolute Gasteiger partial charge is 0.127 e. The van der Waals surface area contributed by atoms with Crippen molar-refractivity contribution in [1.82, 2.24) is 4.90 Å². The maximum Gasteiger partial charge on any atom is 0.127 e. The van der Waals surface area contributed by atoms with Crippen molar-refractivity contribution < 1.29 is 14.2 Å². The predicted octanol–water partition coefficient (Wildman–Crippen LogP) is 2.03. The fraction of sp³-hybridized carbons (Fsp3) is 0.500. The van der Waals surface area contributed by atoms with Gasteiger partial charge in [0, 0.05) is 23.1 Å². The van der Waals surface area contributed by atoms with Gasteiger partial charge >= 0.3 is 0 Å². The maximum absolute atomic E-state index is 13.5. The number of rotatable bonds is 7. The molecule has 0 bridgehead atoms. The first kappa shape index (κ1) is 14.6. The normalized spacial score (nSPS) is 11.1. The van der Waals surface area contributed by atoms with Gasteiger partial charge in [-0.15, -0.1) is 0 Å². The van der Waals surface area contributed by atoms with Crippen LogP contribution in [0.5, 0.6) is 0 Å². The molecule has 0 aromatic heterocycles. The van der Waals surface area contributed by atoms with E-state index in [2.05, 4.69) is 15.9 Å². The van der Waals surface area contributed by atoms with Crippen LogP contribution < -0.4 is 0 Å². The molecular weight excluding hydrogens is 289 g/mol. The molecule has 0 spiro atoms. The molecule has 3 nitrogen and oxygen atoms in total. The van der Waals surface area contributed by atoms with Gasteiger partial charge in [0.2, 0.25) is 0 Å². The zero-order valence-electron chi connectivity index (χ0n) is 9.83. The molecule has 1 aromatic carbocycles. The predicted molar refractivity (Wildman–Crippen MR) is 68.3 cm³/mol. The van der Waals surface area contributed by atoms with Gasteiger partial charge in [0.25, 0.3) is 0 Å². The number of halogens is 2. The third-order valence-electron chi connectivity index (χ3n) is 2.30. The second-order valence-corrected chi connectivity index (χ2v) is 4.73. The van der Waals surface area contributed by atoms with E-state index in [0.29, 0.717) is 31.9 Å². The molecular formula is C12H17BrFNO2. The molecule has 0 aliphatic heterocycles. The third-order valence-corrected chi connectivity index (χ3v) is 2.79. The molecule has 5 heteroatoms.